The summed E-state index contributed by atoms with van der Waals surface area (Å²) >= 11 is 1.89. The Kier molecular flexibility index (Phi) is 8.70. The molecule has 3 nitrogen and oxygen atoms in total. The summed E-state index contributed by atoms with van der Waals surface area (Å²) in [5, 5.41) is 8.25. The Morgan fingerprint density at radius 2 is 0.868 bits per heavy atom. The van der Waals surface area contributed by atoms with Crippen LogP contribution in [0.1, 0.15) is 11.1 Å². The van der Waals surface area contributed by atoms with Crippen LogP contribution in [0.2, 0.25) is 0 Å². The van der Waals surface area contributed by atoms with Gasteiger partial charge in [-0.05, 0) is 129 Å². The molecule has 0 fully saturated rings. The average molecular weight is 902 g/mol. The molecule has 0 amide bonds. The van der Waals surface area contributed by atoms with Crippen LogP contribution < -0.4 is 51.8 Å². The van der Waals surface area contributed by atoms with E-state index in [9.17, 15) is 0 Å². The second-order valence-electron chi connectivity index (χ2n) is 18.6. The van der Waals surface area contributed by atoms with E-state index in [1.807, 2.05) is 11.3 Å². The minimum atomic E-state index is -2.84. The van der Waals surface area contributed by atoms with Crippen molar-refractivity contribution in [2.75, 3.05) is 14.7 Å². The number of benzene rings is 10. The van der Waals surface area contributed by atoms with Crippen molar-refractivity contribution in [1.29, 1.82) is 0 Å². The fourth-order valence-electron chi connectivity index (χ4n) is 12.0. The van der Waals surface area contributed by atoms with Gasteiger partial charge in [0.1, 0.15) is 0 Å². The van der Waals surface area contributed by atoms with Gasteiger partial charge in [0.2, 0.25) is 0 Å². The highest BCUT2D eigenvalue weighted by molar-refractivity contribution is 7.26. The predicted octanol–water partition coefficient (Wildman–Crippen LogP) is 11.9. The molecule has 0 radical (unpaired) electrons. The summed E-state index contributed by atoms with van der Waals surface area (Å²) in [6.07, 6.45) is 0. The van der Waals surface area contributed by atoms with Crippen LogP contribution in [0, 0.1) is 13.8 Å². The summed E-state index contributed by atoms with van der Waals surface area (Å²) in [4.78, 5) is 7.62. The van der Waals surface area contributed by atoms with E-state index in [4.69, 9.17) is 0 Å². The number of thiophene rings is 1. The van der Waals surface area contributed by atoms with E-state index in [1.165, 1.54) is 103 Å². The molecule has 0 saturated carbocycles. The standard InChI is InChI=1S/C62H44BN3SSi/c1-41-30-34-52-60(36-41)68(46-22-11-5-12-23-46,47-24-13-6-14-25-47)61-37-42(2)31-35-53(61)66(52)45-32-33-50-56(38-45)64(43-18-7-3-8-19-43)54-27-17-28-55-62(54)63(50)51-39-49-48-26-15-16-29-58(48)67-59(49)40-57(51)65(55)44-20-9-4-10-21-44/h3-40H,1-2H3. The molecule has 10 aromatic carbocycles. The highest BCUT2D eigenvalue weighted by Crippen LogP contribution is 2.48. The molecule has 0 spiro atoms. The number of rotatable bonds is 5. The first-order chi connectivity index (χ1) is 33.6. The molecule has 4 heterocycles. The van der Waals surface area contributed by atoms with Gasteiger partial charge in [0.15, 0.2) is 8.07 Å². The lowest BCUT2D eigenvalue weighted by Crippen LogP contribution is -2.77. The van der Waals surface area contributed by atoms with Crippen LogP contribution >= 0.6 is 11.3 Å². The van der Waals surface area contributed by atoms with E-state index >= 15 is 0 Å². The SMILES string of the molecule is Cc1ccc2c(c1)[Si](c1ccccc1)(c1ccccc1)c1cc(C)ccc1N2c1ccc2c(c1)N(c1ccccc1)c1cccc3c1B2c1cc2c(cc1N3c1ccccc1)sc1ccccc12. The number of para-hydroxylation sites is 2. The van der Waals surface area contributed by atoms with Crippen molar-refractivity contribution in [3.05, 3.63) is 242 Å². The zero-order valence-corrected chi connectivity index (χ0v) is 39.6. The lowest BCUT2D eigenvalue weighted by molar-refractivity contribution is 1.24. The van der Waals surface area contributed by atoms with Crippen LogP contribution in [-0.2, 0) is 0 Å². The first-order valence-corrected chi connectivity index (χ1v) is 26.4. The fraction of sp³-hybridized carbons (Fsp3) is 0.0323. The van der Waals surface area contributed by atoms with Crippen molar-refractivity contribution in [3.8, 4) is 0 Å². The zero-order chi connectivity index (χ0) is 45.1. The Morgan fingerprint density at radius 1 is 0.353 bits per heavy atom. The first kappa shape index (κ1) is 39.3. The van der Waals surface area contributed by atoms with Crippen molar-refractivity contribution < 1.29 is 0 Å². The van der Waals surface area contributed by atoms with Gasteiger partial charge in [0, 0.05) is 66.0 Å². The third kappa shape index (κ3) is 5.59. The number of hydrogen-bond acceptors (Lipinski definition) is 4. The number of anilines is 9. The largest absolute Gasteiger partial charge is 0.311 e. The van der Waals surface area contributed by atoms with E-state index in [0.717, 1.165) is 17.1 Å². The minimum absolute atomic E-state index is 0.00863. The van der Waals surface area contributed by atoms with E-state index < -0.39 is 8.07 Å². The summed E-state index contributed by atoms with van der Waals surface area (Å²) in [7, 11) is -2.84. The third-order valence-corrected chi connectivity index (χ3v) is 20.7. The zero-order valence-electron chi connectivity index (χ0n) is 37.8. The molecule has 0 unspecified atom stereocenters. The maximum Gasteiger partial charge on any atom is 0.252 e. The molecule has 320 valence electrons. The third-order valence-electron chi connectivity index (χ3n) is 14.8. The van der Waals surface area contributed by atoms with Crippen LogP contribution in [-0.4, -0.2) is 14.8 Å². The molecule has 68 heavy (non-hydrogen) atoms. The van der Waals surface area contributed by atoms with E-state index in [-0.39, 0.29) is 6.71 Å². The van der Waals surface area contributed by atoms with Gasteiger partial charge in [0.25, 0.3) is 6.71 Å². The highest BCUT2D eigenvalue weighted by Gasteiger charge is 2.50. The predicted molar refractivity (Wildman–Crippen MR) is 295 cm³/mol. The summed E-state index contributed by atoms with van der Waals surface area (Å²) in [6, 6.07) is 87.2. The highest BCUT2D eigenvalue weighted by atomic mass is 32.1. The number of hydrogen-bond donors (Lipinski definition) is 0. The Hall–Kier alpha value is -7.90. The molecule has 11 aromatic rings. The average Bonchev–Trinajstić information content (AvgIpc) is 3.75. The Morgan fingerprint density at radius 3 is 1.46 bits per heavy atom. The van der Waals surface area contributed by atoms with Gasteiger partial charge in [0.05, 0.1) is 0 Å². The van der Waals surface area contributed by atoms with E-state index in [1.54, 1.807) is 0 Å². The van der Waals surface area contributed by atoms with Gasteiger partial charge in [-0.1, -0.05) is 169 Å². The summed E-state index contributed by atoms with van der Waals surface area (Å²) in [5.41, 5.74) is 17.3. The van der Waals surface area contributed by atoms with Crippen molar-refractivity contribution in [1.82, 2.24) is 0 Å². The lowest BCUT2D eigenvalue weighted by Gasteiger charge is -2.46. The Bertz CT molecular complexity index is 3710. The summed E-state index contributed by atoms with van der Waals surface area (Å²) < 4.78 is 2.62. The molecule has 0 atom stereocenters. The van der Waals surface area contributed by atoms with Gasteiger partial charge in [-0.15, -0.1) is 11.3 Å². The van der Waals surface area contributed by atoms with Crippen LogP contribution in [0.5, 0.6) is 0 Å². The maximum absolute atomic E-state index is 2.84. The van der Waals surface area contributed by atoms with Crippen molar-refractivity contribution >= 4 is 135 Å². The van der Waals surface area contributed by atoms with Crippen molar-refractivity contribution in [2.24, 2.45) is 0 Å². The quantitative estimate of drug-likeness (QED) is 0.159. The molecule has 0 aliphatic carbocycles. The molecule has 0 N–H and O–H groups in total. The molecule has 3 aliphatic rings. The van der Waals surface area contributed by atoms with Crippen LogP contribution in [0.25, 0.3) is 20.2 Å². The normalized spacial score (nSPS) is 14.0. The monoisotopic (exact) mass is 901 g/mol. The van der Waals surface area contributed by atoms with E-state index in [0.29, 0.717) is 0 Å². The molecule has 6 heteroatoms. The smallest absolute Gasteiger partial charge is 0.252 e. The Balaban J connectivity index is 1.05. The molecular formula is C62H44BN3SSi. The number of nitrogens with zero attached hydrogens (tertiary/aromatic N) is 3. The van der Waals surface area contributed by atoms with Crippen LogP contribution in [0.4, 0.5) is 51.2 Å². The maximum atomic E-state index is 2.57. The fourth-order valence-corrected chi connectivity index (χ4v) is 18.4. The van der Waals surface area contributed by atoms with Gasteiger partial charge in [-0.2, -0.15) is 0 Å². The number of aryl methyl sites for hydroxylation is 2. The molecule has 3 aliphatic heterocycles. The minimum Gasteiger partial charge on any atom is -0.311 e. The van der Waals surface area contributed by atoms with Gasteiger partial charge in [-0.25, -0.2) is 0 Å². The molecule has 0 bridgehead atoms. The Labute approximate surface area is 402 Å². The molecular weight excluding hydrogens is 858 g/mol. The molecule has 1 aromatic heterocycles. The lowest BCUT2D eigenvalue weighted by atomic mass is 9.33. The van der Waals surface area contributed by atoms with Gasteiger partial charge in [-0.3, -0.25) is 0 Å². The molecule has 14 rings (SSSR count). The topological polar surface area (TPSA) is 9.72 Å². The second kappa shape index (κ2) is 15.1. The van der Waals surface area contributed by atoms with Gasteiger partial charge < -0.3 is 14.7 Å². The second-order valence-corrected chi connectivity index (χ2v) is 23.4. The summed E-state index contributed by atoms with van der Waals surface area (Å²) in [5.74, 6) is 0. The molecule has 0 saturated heterocycles. The number of fused-ring (bicyclic) bond motifs is 9. The summed E-state index contributed by atoms with van der Waals surface area (Å²) in [6.45, 7) is 4.49. The first-order valence-electron chi connectivity index (χ1n) is 23.6. The van der Waals surface area contributed by atoms with Crippen LogP contribution in [0.15, 0.2) is 231 Å². The van der Waals surface area contributed by atoms with Gasteiger partial charge >= 0.3 is 0 Å². The van der Waals surface area contributed by atoms with Crippen molar-refractivity contribution in [3.63, 3.8) is 0 Å². The van der Waals surface area contributed by atoms with Crippen LogP contribution in [0.3, 0.4) is 0 Å². The van der Waals surface area contributed by atoms with E-state index in [2.05, 4.69) is 259 Å². The van der Waals surface area contributed by atoms with Crippen molar-refractivity contribution in [2.45, 2.75) is 13.8 Å².